The van der Waals surface area contributed by atoms with Gasteiger partial charge in [-0.1, -0.05) is 18.6 Å². The van der Waals surface area contributed by atoms with E-state index < -0.39 is 17.4 Å². The van der Waals surface area contributed by atoms with Crippen molar-refractivity contribution >= 4 is 11.8 Å². The zero-order chi connectivity index (χ0) is 16.5. The first-order valence-electron chi connectivity index (χ1n) is 8.24. The molecule has 1 aliphatic carbocycles. The number of hydrogen-bond acceptors (Lipinski definition) is 5. The number of nitrogens with zero attached hydrogens (tertiary/aromatic N) is 1. The highest BCUT2D eigenvalue weighted by atomic mass is 16.6. The molecule has 1 saturated heterocycles. The molecule has 23 heavy (non-hydrogen) atoms. The Kier molecular flexibility index (Phi) is 4.10. The Morgan fingerprint density at radius 3 is 2.70 bits per heavy atom. The first kappa shape index (κ1) is 15.9. The molecule has 3 rings (SSSR count). The fourth-order valence-electron chi connectivity index (χ4n) is 3.50. The topological polar surface area (TPSA) is 71.0 Å². The number of aliphatic hydroxyl groups is 1. The number of rotatable bonds is 4. The molecule has 2 N–H and O–H groups in total. The fraction of sp³-hybridized carbons (Fsp3) is 0.588. The Morgan fingerprint density at radius 2 is 2.00 bits per heavy atom. The van der Waals surface area contributed by atoms with E-state index in [9.17, 15) is 9.90 Å². The molecule has 1 aromatic rings. The Morgan fingerprint density at radius 1 is 1.30 bits per heavy atom. The molecule has 1 aromatic carbocycles. The van der Waals surface area contributed by atoms with Crippen LogP contribution in [-0.2, 0) is 4.74 Å². The first-order valence-corrected chi connectivity index (χ1v) is 8.24. The molecular weight excluding hydrogens is 296 g/mol. The van der Waals surface area contributed by atoms with Gasteiger partial charge in [-0.3, -0.25) is 5.43 Å². The molecule has 2 aliphatic rings. The van der Waals surface area contributed by atoms with Gasteiger partial charge in [-0.2, -0.15) is 5.01 Å². The molecule has 0 unspecified atom stereocenters. The Labute approximate surface area is 136 Å². The van der Waals surface area contributed by atoms with Crippen LogP contribution in [0.25, 0.3) is 0 Å². The monoisotopic (exact) mass is 320 g/mol. The third-order valence-corrected chi connectivity index (χ3v) is 4.84. The second kappa shape index (κ2) is 5.92. The number of carbonyl (C=O) groups is 1. The third-order valence-electron chi connectivity index (χ3n) is 4.84. The van der Waals surface area contributed by atoms with E-state index in [-0.39, 0.29) is 0 Å². The number of para-hydroxylation sites is 2. The van der Waals surface area contributed by atoms with Crippen LogP contribution in [0.1, 0.15) is 46.0 Å². The van der Waals surface area contributed by atoms with Crippen molar-refractivity contribution in [3.63, 3.8) is 0 Å². The molecule has 1 heterocycles. The summed E-state index contributed by atoms with van der Waals surface area (Å²) in [6.45, 7) is 4.05. The van der Waals surface area contributed by atoms with Crippen molar-refractivity contribution in [2.24, 2.45) is 0 Å². The first-order chi connectivity index (χ1) is 11.0. The summed E-state index contributed by atoms with van der Waals surface area (Å²) >= 11 is 0. The standard InChI is InChI=1S/C17H24N2O4/c1-3-22-14-10-6-5-9-13(14)18-19-15(20)23-17(16(19,2)21)11-7-4-8-12-17/h5-6,9-10,18,21H,3-4,7-8,11-12H2,1-2H3/t16-/m0/s1. The third kappa shape index (κ3) is 2.61. The average Bonchev–Trinajstić information content (AvgIpc) is 2.70. The van der Waals surface area contributed by atoms with Gasteiger partial charge < -0.3 is 14.6 Å². The lowest BCUT2D eigenvalue weighted by Gasteiger charge is -2.41. The van der Waals surface area contributed by atoms with E-state index in [1.165, 1.54) is 5.01 Å². The molecule has 126 valence electrons. The number of anilines is 1. The van der Waals surface area contributed by atoms with E-state index in [1.54, 1.807) is 13.0 Å². The number of nitrogens with one attached hydrogen (secondary N) is 1. The van der Waals surface area contributed by atoms with Crippen molar-refractivity contribution in [3.05, 3.63) is 24.3 Å². The van der Waals surface area contributed by atoms with Crippen LogP contribution in [0.15, 0.2) is 24.3 Å². The fourth-order valence-corrected chi connectivity index (χ4v) is 3.50. The van der Waals surface area contributed by atoms with Crippen molar-refractivity contribution in [2.45, 2.75) is 57.3 Å². The second-order valence-corrected chi connectivity index (χ2v) is 6.32. The summed E-state index contributed by atoms with van der Waals surface area (Å²) in [5.74, 6) is 0.628. The van der Waals surface area contributed by atoms with Gasteiger partial charge in [0, 0.05) is 0 Å². The normalized spacial score (nSPS) is 26.2. The van der Waals surface area contributed by atoms with Crippen molar-refractivity contribution < 1.29 is 19.4 Å². The summed E-state index contributed by atoms with van der Waals surface area (Å²) in [5.41, 5.74) is 1.36. The Balaban J connectivity index is 1.87. The summed E-state index contributed by atoms with van der Waals surface area (Å²) < 4.78 is 11.2. The summed E-state index contributed by atoms with van der Waals surface area (Å²) in [5, 5.41) is 12.2. The van der Waals surface area contributed by atoms with E-state index in [2.05, 4.69) is 5.43 Å². The maximum Gasteiger partial charge on any atom is 0.432 e. The average molecular weight is 320 g/mol. The highest BCUT2D eigenvalue weighted by Crippen LogP contribution is 2.47. The van der Waals surface area contributed by atoms with Gasteiger partial charge in [0.25, 0.3) is 0 Å². The van der Waals surface area contributed by atoms with Crippen molar-refractivity contribution in [1.29, 1.82) is 0 Å². The molecule has 1 atom stereocenters. The van der Waals surface area contributed by atoms with E-state index in [0.29, 0.717) is 30.9 Å². The largest absolute Gasteiger partial charge is 0.492 e. The lowest BCUT2D eigenvalue weighted by molar-refractivity contribution is -0.154. The van der Waals surface area contributed by atoms with E-state index in [1.807, 2.05) is 25.1 Å². The maximum absolute atomic E-state index is 12.4. The molecule has 1 aliphatic heterocycles. The Hall–Kier alpha value is -1.95. The lowest BCUT2D eigenvalue weighted by atomic mass is 9.78. The van der Waals surface area contributed by atoms with Crippen LogP contribution in [-0.4, -0.2) is 34.1 Å². The van der Waals surface area contributed by atoms with Crippen LogP contribution in [0.5, 0.6) is 5.75 Å². The SMILES string of the molecule is CCOc1ccccc1NN1C(=O)OC2(CCCCC2)[C@]1(C)O. The molecule has 1 saturated carbocycles. The van der Waals surface area contributed by atoms with E-state index in [0.717, 1.165) is 19.3 Å². The minimum Gasteiger partial charge on any atom is -0.492 e. The molecule has 0 bridgehead atoms. The van der Waals surface area contributed by atoms with Gasteiger partial charge in [-0.25, -0.2) is 4.79 Å². The van der Waals surface area contributed by atoms with Crippen LogP contribution in [0.2, 0.25) is 0 Å². The molecule has 1 spiro atoms. The highest BCUT2D eigenvalue weighted by Gasteiger charge is 2.62. The van der Waals surface area contributed by atoms with Crippen LogP contribution < -0.4 is 10.2 Å². The molecule has 6 nitrogen and oxygen atoms in total. The molecule has 2 fully saturated rings. The smallest absolute Gasteiger partial charge is 0.432 e. The Bertz CT molecular complexity index is 582. The lowest BCUT2D eigenvalue weighted by Crippen LogP contribution is -2.58. The van der Waals surface area contributed by atoms with E-state index >= 15 is 0 Å². The zero-order valence-electron chi connectivity index (χ0n) is 13.7. The predicted molar refractivity (Wildman–Crippen MR) is 86.0 cm³/mol. The maximum atomic E-state index is 12.4. The number of amides is 1. The van der Waals surface area contributed by atoms with Gasteiger partial charge in [0.15, 0.2) is 11.3 Å². The molecular formula is C17H24N2O4. The van der Waals surface area contributed by atoms with Gasteiger partial charge in [-0.05, 0) is 51.7 Å². The summed E-state index contributed by atoms with van der Waals surface area (Å²) in [4.78, 5) is 12.4. The summed E-state index contributed by atoms with van der Waals surface area (Å²) in [7, 11) is 0. The number of hydrogen-bond donors (Lipinski definition) is 2. The zero-order valence-corrected chi connectivity index (χ0v) is 13.7. The van der Waals surface area contributed by atoms with Gasteiger partial charge in [0.2, 0.25) is 0 Å². The van der Waals surface area contributed by atoms with Crippen LogP contribution >= 0.6 is 0 Å². The van der Waals surface area contributed by atoms with E-state index in [4.69, 9.17) is 9.47 Å². The molecule has 6 heteroatoms. The number of hydrazine groups is 1. The minimum atomic E-state index is -1.41. The minimum absolute atomic E-state index is 0.517. The number of ether oxygens (including phenoxy) is 2. The number of benzene rings is 1. The van der Waals surface area contributed by atoms with Crippen LogP contribution in [0.4, 0.5) is 10.5 Å². The summed E-state index contributed by atoms with van der Waals surface area (Å²) in [6, 6.07) is 7.33. The van der Waals surface area contributed by atoms with Crippen LogP contribution in [0.3, 0.4) is 0 Å². The quantitative estimate of drug-likeness (QED) is 0.891. The van der Waals surface area contributed by atoms with Crippen molar-refractivity contribution in [2.75, 3.05) is 12.0 Å². The molecule has 1 amide bonds. The summed E-state index contributed by atoms with van der Waals surface area (Å²) in [6.07, 6.45) is 3.81. The highest BCUT2D eigenvalue weighted by molar-refractivity contribution is 5.75. The molecule has 0 aromatic heterocycles. The predicted octanol–water partition coefficient (Wildman–Crippen LogP) is 3.28. The second-order valence-electron chi connectivity index (χ2n) is 6.32. The van der Waals surface area contributed by atoms with Gasteiger partial charge in [0.1, 0.15) is 5.75 Å². The molecule has 0 radical (unpaired) electrons. The van der Waals surface area contributed by atoms with Gasteiger partial charge in [0.05, 0.1) is 12.3 Å². The number of carbonyl (C=O) groups excluding carboxylic acids is 1. The van der Waals surface area contributed by atoms with Crippen molar-refractivity contribution in [1.82, 2.24) is 5.01 Å². The van der Waals surface area contributed by atoms with Gasteiger partial charge in [-0.15, -0.1) is 0 Å². The van der Waals surface area contributed by atoms with Crippen LogP contribution in [0, 0.1) is 0 Å². The van der Waals surface area contributed by atoms with Crippen molar-refractivity contribution in [3.8, 4) is 5.75 Å². The van der Waals surface area contributed by atoms with Gasteiger partial charge >= 0.3 is 6.09 Å².